The molecule has 5 heteroatoms. The van der Waals surface area contributed by atoms with E-state index in [-0.39, 0.29) is 17.8 Å². The first-order valence-electron chi connectivity index (χ1n) is 5.96. The largest absolute Gasteiger partial charge is 0.491 e. The van der Waals surface area contributed by atoms with Crippen molar-refractivity contribution in [3.63, 3.8) is 0 Å². The quantitative estimate of drug-likeness (QED) is 0.936. The van der Waals surface area contributed by atoms with E-state index in [0.717, 1.165) is 4.88 Å². The molecule has 0 saturated carbocycles. The molecule has 0 radical (unpaired) electrons. The summed E-state index contributed by atoms with van der Waals surface area (Å²) in [7, 11) is 0. The molecule has 1 N–H and O–H groups in total. The zero-order valence-corrected chi connectivity index (χ0v) is 10.9. The van der Waals surface area contributed by atoms with E-state index >= 15 is 0 Å². The van der Waals surface area contributed by atoms with Crippen LogP contribution in [0.1, 0.15) is 16.5 Å². The van der Waals surface area contributed by atoms with Crippen LogP contribution in [0, 0.1) is 5.82 Å². The summed E-state index contributed by atoms with van der Waals surface area (Å²) in [6, 6.07) is 7.93. The number of rotatable bonds is 3. The number of benzene rings is 1. The van der Waals surface area contributed by atoms with Crippen molar-refractivity contribution < 1.29 is 13.9 Å². The molecule has 1 aromatic heterocycles. The monoisotopic (exact) mass is 277 g/mol. The first-order chi connectivity index (χ1) is 9.22. The number of hydrogen-bond donors (Lipinski definition) is 1. The van der Waals surface area contributed by atoms with Gasteiger partial charge >= 0.3 is 0 Å². The maximum atomic E-state index is 13.2. The van der Waals surface area contributed by atoms with Gasteiger partial charge < -0.3 is 10.1 Å². The molecule has 2 heterocycles. The normalized spacial score (nSPS) is 16.8. The number of carbonyl (C=O) groups is 1. The molecule has 0 bridgehead atoms. The van der Waals surface area contributed by atoms with E-state index in [2.05, 4.69) is 5.32 Å². The molecule has 3 rings (SSSR count). The van der Waals surface area contributed by atoms with Crippen LogP contribution >= 0.6 is 11.3 Å². The Morgan fingerprint density at radius 1 is 1.47 bits per heavy atom. The molecule has 1 amide bonds. The Balaban J connectivity index is 1.69. The van der Waals surface area contributed by atoms with E-state index in [1.54, 1.807) is 17.4 Å². The maximum absolute atomic E-state index is 13.2. The predicted molar refractivity (Wildman–Crippen MR) is 70.8 cm³/mol. The van der Waals surface area contributed by atoms with Crippen molar-refractivity contribution in [2.75, 3.05) is 6.61 Å². The van der Waals surface area contributed by atoms with E-state index in [9.17, 15) is 9.18 Å². The van der Waals surface area contributed by atoms with E-state index in [1.165, 1.54) is 12.1 Å². The van der Waals surface area contributed by atoms with Gasteiger partial charge in [-0.05, 0) is 29.6 Å². The highest BCUT2D eigenvalue weighted by atomic mass is 32.1. The van der Waals surface area contributed by atoms with Gasteiger partial charge in [-0.2, -0.15) is 0 Å². The molecule has 1 aliphatic heterocycles. The van der Waals surface area contributed by atoms with Crippen LogP contribution in [0.2, 0.25) is 0 Å². The molecule has 1 atom stereocenters. The molecular formula is C14H12FNO2S. The minimum Gasteiger partial charge on any atom is -0.491 e. The molecule has 0 fully saturated rings. The number of thiophene rings is 1. The summed E-state index contributed by atoms with van der Waals surface area (Å²) in [5.41, 5.74) is 0.708. The van der Waals surface area contributed by atoms with Crippen molar-refractivity contribution in [1.82, 2.24) is 5.32 Å². The third kappa shape index (κ3) is 2.61. The van der Waals surface area contributed by atoms with Crippen molar-refractivity contribution >= 4 is 17.2 Å². The van der Waals surface area contributed by atoms with Gasteiger partial charge in [0.2, 0.25) is 5.91 Å². The van der Waals surface area contributed by atoms with Gasteiger partial charge in [-0.25, -0.2) is 4.39 Å². The molecule has 98 valence electrons. The topological polar surface area (TPSA) is 38.3 Å². The van der Waals surface area contributed by atoms with Crippen molar-refractivity contribution in [1.29, 1.82) is 0 Å². The second-order valence-electron chi connectivity index (χ2n) is 4.37. The van der Waals surface area contributed by atoms with Gasteiger partial charge in [0, 0.05) is 10.4 Å². The SMILES string of the molecule is O=C(Cc1cccs1)NC1COc2ccc(F)cc21. The summed E-state index contributed by atoms with van der Waals surface area (Å²) in [6.45, 7) is 0.356. The minimum absolute atomic E-state index is 0.0758. The Bertz CT molecular complexity index is 597. The predicted octanol–water partition coefficient (Wildman–Crippen LogP) is 2.68. The standard InChI is InChI=1S/C14H12FNO2S/c15-9-3-4-13-11(6-9)12(8-18-13)16-14(17)7-10-2-1-5-19-10/h1-6,12H,7-8H2,(H,16,17). The Morgan fingerprint density at radius 3 is 3.16 bits per heavy atom. The number of carbonyl (C=O) groups excluding carboxylic acids is 1. The van der Waals surface area contributed by atoms with Crippen LogP contribution in [-0.4, -0.2) is 12.5 Å². The van der Waals surface area contributed by atoms with Gasteiger partial charge in [-0.1, -0.05) is 6.07 Å². The highest BCUT2D eigenvalue weighted by Gasteiger charge is 2.26. The summed E-state index contributed by atoms with van der Waals surface area (Å²) in [5, 5.41) is 4.81. The molecule has 2 aromatic rings. The van der Waals surface area contributed by atoms with Crippen LogP contribution in [0.3, 0.4) is 0 Å². The van der Waals surface area contributed by atoms with Crippen molar-refractivity contribution in [2.45, 2.75) is 12.5 Å². The number of nitrogens with one attached hydrogen (secondary N) is 1. The first-order valence-corrected chi connectivity index (χ1v) is 6.84. The van der Waals surface area contributed by atoms with E-state index in [1.807, 2.05) is 17.5 Å². The van der Waals surface area contributed by atoms with Crippen LogP contribution < -0.4 is 10.1 Å². The van der Waals surface area contributed by atoms with Crippen LogP contribution in [0.15, 0.2) is 35.7 Å². The van der Waals surface area contributed by atoms with E-state index < -0.39 is 0 Å². The van der Waals surface area contributed by atoms with Gasteiger partial charge in [0.15, 0.2) is 0 Å². The number of amides is 1. The molecule has 19 heavy (non-hydrogen) atoms. The average molecular weight is 277 g/mol. The van der Waals surface area contributed by atoms with Crippen molar-refractivity contribution in [3.8, 4) is 5.75 Å². The summed E-state index contributed by atoms with van der Waals surface area (Å²) in [6.07, 6.45) is 0.346. The Morgan fingerprint density at radius 2 is 2.37 bits per heavy atom. The first kappa shape index (κ1) is 12.2. The summed E-state index contributed by atoms with van der Waals surface area (Å²) in [4.78, 5) is 12.9. The second kappa shape index (κ2) is 5.01. The highest BCUT2D eigenvalue weighted by molar-refractivity contribution is 7.10. The third-order valence-corrected chi connectivity index (χ3v) is 3.88. The molecule has 1 unspecified atom stereocenters. The Kier molecular flexibility index (Phi) is 3.21. The molecule has 1 aromatic carbocycles. The summed E-state index contributed by atoms with van der Waals surface area (Å²) in [5.74, 6) is 0.248. The van der Waals surface area contributed by atoms with Crippen molar-refractivity contribution in [2.24, 2.45) is 0 Å². The third-order valence-electron chi connectivity index (χ3n) is 3.00. The lowest BCUT2D eigenvalue weighted by Crippen LogP contribution is -2.30. The maximum Gasteiger partial charge on any atom is 0.225 e. The van der Waals surface area contributed by atoms with Crippen molar-refractivity contribution in [3.05, 3.63) is 52.0 Å². The highest BCUT2D eigenvalue weighted by Crippen LogP contribution is 2.32. The lowest BCUT2D eigenvalue weighted by Gasteiger charge is -2.11. The zero-order valence-electron chi connectivity index (χ0n) is 10.1. The molecule has 3 nitrogen and oxygen atoms in total. The van der Waals surface area contributed by atoms with Gasteiger partial charge in [-0.15, -0.1) is 11.3 Å². The number of halogens is 1. The van der Waals surface area contributed by atoms with Gasteiger partial charge in [0.1, 0.15) is 18.2 Å². The fraction of sp³-hybridized carbons (Fsp3) is 0.214. The number of hydrogen-bond acceptors (Lipinski definition) is 3. The molecule has 0 saturated heterocycles. The fourth-order valence-corrected chi connectivity index (χ4v) is 2.83. The summed E-state index contributed by atoms with van der Waals surface area (Å²) < 4.78 is 18.6. The zero-order chi connectivity index (χ0) is 13.2. The van der Waals surface area contributed by atoms with Crippen LogP contribution in [0.4, 0.5) is 4.39 Å². The molecule has 1 aliphatic rings. The fourth-order valence-electron chi connectivity index (χ4n) is 2.12. The smallest absolute Gasteiger partial charge is 0.225 e. The second-order valence-corrected chi connectivity index (χ2v) is 5.40. The number of fused-ring (bicyclic) bond motifs is 1. The Labute approximate surface area is 114 Å². The van der Waals surface area contributed by atoms with E-state index in [4.69, 9.17) is 4.74 Å². The molecule has 0 spiro atoms. The van der Waals surface area contributed by atoms with Crippen LogP contribution in [0.5, 0.6) is 5.75 Å². The van der Waals surface area contributed by atoms with Gasteiger partial charge in [-0.3, -0.25) is 4.79 Å². The van der Waals surface area contributed by atoms with Crippen LogP contribution in [0.25, 0.3) is 0 Å². The summed E-state index contributed by atoms with van der Waals surface area (Å²) >= 11 is 1.55. The molecule has 0 aliphatic carbocycles. The lowest BCUT2D eigenvalue weighted by atomic mass is 10.1. The van der Waals surface area contributed by atoms with E-state index in [0.29, 0.717) is 24.3 Å². The Hall–Kier alpha value is -1.88. The van der Waals surface area contributed by atoms with Gasteiger partial charge in [0.05, 0.1) is 12.5 Å². The molecular weight excluding hydrogens is 265 g/mol. The average Bonchev–Trinajstić information content (AvgIpc) is 3.00. The lowest BCUT2D eigenvalue weighted by molar-refractivity contribution is -0.121. The van der Waals surface area contributed by atoms with Crippen LogP contribution in [-0.2, 0) is 11.2 Å². The number of ether oxygens (including phenoxy) is 1. The minimum atomic E-state index is -0.318. The van der Waals surface area contributed by atoms with Gasteiger partial charge in [0.25, 0.3) is 0 Å².